The maximum atomic E-state index is 4.56. The van der Waals surface area contributed by atoms with Crippen molar-refractivity contribution < 1.29 is 0 Å². The van der Waals surface area contributed by atoms with Gasteiger partial charge in [-0.2, -0.15) is 5.10 Å². The van der Waals surface area contributed by atoms with Gasteiger partial charge in [-0.15, -0.1) is 0 Å². The van der Waals surface area contributed by atoms with E-state index in [9.17, 15) is 0 Å². The molecule has 0 spiro atoms. The number of pyridine rings is 2. The molecule has 0 aliphatic rings. The van der Waals surface area contributed by atoms with Crippen LogP contribution in [0.15, 0.2) is 71.8 Å². The summed E-state index contributed by atoms with van der Waals surface area (Å²) >= 11 is 0. The first-order chi connectivity index (χ1) is 16.5. The molecule has 4 rings (SSSR count). The molecular weight excluding hydrogens is 422 g/mol. The summed E-state index contributed by atoms with van der Waals surface area (Å²) in [5.41, 5.74) is 9.12. The third-order valence-corrected chi connectivity index (χ3v) is 5.05. The molecule has 0 saturated heterocycles. The van der Waals surface area contributed by atoms with Crippen LogP contribution in [0.3, 0.4) is 0 Å². The van der Waals surface area contributed by atoms with E-state index in [1.54, 1.807) is 24.8 Å². The fourth-order valence-corrected chi connectivity index (χ4v) is 3.45. The predicted octanol–water partition coefficient (Wildman–Crippen LogP) is 6.51. The third kappa shape index (κ3) is 5.26. The maximum Gasteiger partial charge on any atom is 0.116 e. The monoisotopic (exact) mass is 453 g/mol. The van der Waals surface area contributed by atoms with Crippen LogP contribution < -0.4 is 0 Å². The second-order valence-corrected chi connectivity index (χ2v) is 7.70. The van der Waals surface area contributed by atoms with Crippen LogP contribution in [0.25, 0.3) is 27.9 Å². The summed E-state index contributed by atoms with van der Waals surface area (Å²) in [5.74, 6) is 0. The van der Waals surface area contributed by atoms with Crippen molar-refractivity contribution in [3.8, 4) is 11.4 Å². The number of aromatic nitrogens is 5. The summed E-state index contributed by atoms with van der Waals surface area (Å²) in [6, 6.07) is 7.98. The highest BCUT2D eigenvalue weighted by molar-refractivity contribution is 6.14. The lowest BCUT2D eigenvalue weighted by Crippen LogP contribution is -2.03. The average molecular weight is 454 g/mol. The van der Waals surface area contributed by atoms with Gasteiger partial charge in [0.25, 0.3) is 0 Å². The molecule has 174 valence electrons. The lowest BCUT2D eigenvalue weighted by molar-refractivity contribution is 1.11. The molecule has 2 N–H and O–H groups in total. The Labute approximate surface area is 200 Å². The van der Waals surface area contributed by atoms with Gasteiger partial charge >= 0.3 is 0 Å². The van der Waals surface area contributed by atoms with Crippen LogP contribution >= 0.6 is 0 Å². The Morgan fingerprint density at radius 3 is 2.56 bits per heavy atom. The summed E-state index contributed by atoms with van der Waals surface area (Å²) in [6.45, 7) is 15.7. The second-order valence-electron chi connectivity index (χ2n) is 7.70. The van der Waals surface area contributed by atoms with Gasteiger partial charge in [0.1, 0.15) is 5.69 Å². The summed E-state index contributed by atoms with van der Waals surface area (Å²) in [5, 5.41) is 8.62. The van der Waals surface area contributed by atoms with E-state index < -0.39 is 0 Å². The molecule has 0 bridgehead atoms. The number of aryl methyl sites for hydroxylation is 1. The van der Waals surface area contributed by atoms with Gasteiger partial charge in [-0.1, -0.05) is 20.4 Å². The molecule has 0 radical (unpaired) electrons. The molecule has 4 aromatic rings. The first-order valence-electron chi connectivity index (χ1n) is 11.3. The van der Waals surface area contributed by atoms with E-state index in [2.05, 4.69) is 47.8 Å². The summed E-state index contributed by atoms with van der Waals surface area (Å²) in [4.78, 5) is 21.1. The normalized spacial score (nSPS) is 11.7. The fraction of sp³-hybridized carbons (Fsp3) is 0.222. The molecule has 0 unspecified atom stereocenters. The van der Waals surface area contributed by atoms with Crippen LogP contribution in [-0.4, -0.2) is 36.6 Å². The molecule has 0 aliphatic heterocycles. The first kappa shape index (κ1) is 24.5. The van der Waals surface area contributed by atoms with Gasteiger partial charge in [0.2, 0.25) is 0 Å². The van der Waals surface area contributed by atoms with E-state index in [0.717, 1.165) is 61.8 Å². The van der Waals surface area contributed by atoms with Crippen molar-refractivity contribution in [1.82, 2.24) is 25.1 Å². The van der Waals surface area contributed by atoms with Crippen molar-refractivity contribution in [2.45, 2.75) is 41.5 Å². The number of H-pyrrole nitrogens is 2. The van der Waals surface area contributed by atoms with Gasteiger partial charge in [0, 0.05) is 52.7 Å². The van der Waals surface area contributed by atoms with E-state index >= 15 is 0 Å². The van der Waals surface area contributed by atoms with Gasteiger partial charge in [0.15, 0.2) is 0 Å². The minimum Gasteiger partial charge on any atom is -0.357 e. The molecule has 4 heterocycles. The van der Waals surface area contributed by atoms with Gasteiger partial charge in [-0.25, -0.2) is 0 Å². The van der Waals surface area contributed by atoms with Gasteiger partial charge in [-0.05, 0) is 57.5 Å². The van der Waals surface area contributed by atoms with Crippen LogP contribution in [0.5, 0.6) is 0 Å². The molecule has 34 heavy (non-hydrogen) atoms. The van der Waals surface area contributed by atoms with Crippen molar-refractivity contribution in [2.75, 3.05) is 0 Å². The number of hydrogen-bond acceptors (Lipinski definition) is 5. The Bertz CT molecular complexity index is 1360. The molecule has 0 aromatic carbocycles. The standard InChI is InChI=1S/C25H25N7.C2H6/c1-6-27-24(18-8-7-9-26-13-18)19-10-22(30-17(19)5)25-20-11-21(16(4)12-28-15(2)3)29-14-23(20)31-32-25;1-2/h6-14,30H,1H2,2-5H3,(H,31,32);1-2H3/b16-12+,27-24?;. The van der Waals surface area contributed by atoms with Crippen LogP contribution in [-0.2, 0) is 0 Å². The van der Waals surface area contributed by atoms with E-state index in [1.165, 1.54) is 0 Å². The predicted molar refractivity (Wildman–Crippen MR) is 142 cm³/mol. The van der Waals surface area contributed by atoms with Crippen LogP contribution in [0.4, 0.5) is 0 Å². The van der Waals surface area contributed by atoms with Crippen LogP contribution in [0, 0.1) is 6.92 Å². The summed E-state index contributed by atoms with van der Waals surface area (Å²) in [7, 11) is 0. The van der Waals surface area contributed by atoms with Crippen molar-refractivity contribution in [1.29, 1.82) is 0 Å². The Morgan fingerprint density at radius 2 is 1.88 bits per heavy atom. The molecule has 0 aliphatic carbocycles. The minimum atomic E-state index is 0.807. The number of aliphatic imine (C=N–C) groups is 2. The second kappa shape index (κ2) is 11.1. The van der Waals surface area contributed by atoms with Gasteiger partial charge in [-0.3, -0.25) is 25.1 Å². The number of aromatic amines is 2. The van der Waals surface area contributed by atoms with Crippen molar-refractivity contribution >= 4 is 27.9 Å². The lowest BCUT2D eigenvalue weighted by Gasteiger charge is -2.04. The van der Waals surface area contributed by atoms with E-state index in [-0.39, 0.29) is 0 Å². The summed E-state index contributed by atoms with van der Waals surface area (Å²) < 4.78 is 0. The number of nitrogens with one attached hydrogen (secondary N) is 2. The van der Waals surface area contributed by atoms with Crippen molar-refractivity contribution in [2.24, 2.45) is 9.98 Å². The smallest absolute Gasteiger partial charge is 0.116 e. The molecule has 0 saturated carbocycles. The topological polar surface area (TPSA) is 95.0 Å². The van der Waals surface area contributed by atoms with E-state index in [4.69, 9.17) is 0 Å². The summed E-state index contributed by atoms with van der Waals surface area (Å²) in [6.07, 6.45) is 8.73. The van der Waals surface area contributed by atoms with E-state index in [0.29, 0.717) is 0 Å². The third-order valence-electron chi connectivity index (χ3n) is 5.05. The fourth-order valence-electron chi connectivity index (χ4n) is 3.45. The van der Waals surface area contributed by atoms with Crippen molar-refractivity contribution in [3.05, 3.63) is 84.3 Å². The zero-order valence-corrected chi connectivity index (χ0v) is 20.6. The molecule has 7 nitrogen and oxygen atoms in total. The Morgan fingerprint density at radius 1 is 1.09 bits per heavy atom. The Hall–Kier alpha value is -4.13. The van der Waals surface area contributed by atoms with E-state index in [1.807, 2.05) is 65.9 Å². The first-order valence-corrected chi connectivity index (χ1v) is 11.3. The number of rotatable bonds is 6. The maximum absolute atomic E-state index is 4.56. The molecule has 4 aromatic heterocycles. The molecule has 0 fully saturated rings. The molecule has 0 amide bonds. The van der Waals surface area contributed by atoms with Crippen molar-refractivity contribution in [3.63, 3.8) is 0 Å². The minimum absolute atomic E-state index is 0.807. The zero-order valence-electron chi connectivity index (χ0n) is 20.6. The highest BCUT2D eigenvalue weighted by atomic mass is 15.1. The van der Waals surface area contributed by atoms with Crippen LogP contribution in [0.1, 0.15) is 57.1 Å². The number of hydrogen-bond donors (Lipinski definition) is 2. The van der Waals surface area contributed by atoms with Gasteiger partial charge < -0.3 is 4.98 Å². The lowest BCUT2D eigenvalue weighted by atomic mass is 10.0. The Kier molecular flexibility index (Phi) is 8.03. The number of nitrogens with zero attached hydrogens (tertiary/aromatic N) is 5. The molecule has 0 atom stereocenters. The highest BCUT2D eigenvalue weighted by Crippen LogP contribution is 2.29. The largest absolute Gasteiger partial charge is 0.357 e. The average Bonchev–Trinajstić information content (AvgIpc) is 3.45. The quantitative estimate of drug-likeness (QED) is 0.326. The van der Waals surface area contributed by atoms with Crippen LogP contribution in [0.2, 0.25) is 0 Å². The number of allylic oxidation sites excluding steroid dienone is 1. The molecular formula is C27H31N7. The number of fused-ring (bicyclic) bond motifs is 1. The van der Waals surface area contributed by atoms with Gasteiger partial charge in [0.05, 0.1) is 28.8 Å². The Balaban J connectivity index is 0.00000158. The zero-order chi connectivity index (χ0) is 24.7. The SMILES string of the molecule is C=CN=C(c1cccnc1)c1cc(-c2n[nH]c3cnc(/C(C)=C/N=C(C)C)cc23)[nH]c1C.CC. The highest BCUT2D eigenvalue weighted by Gasteiger charge is 2.17. The molecule has 7 heteroatoms.